The number of carbonyl (C=O) groups is 2. The summed E-state index contributed by atoms with van der Waals surface area (Å²) in [5.41, 5.74) is 4.23. The van der Waals surface area contributed by atoms with Crippen molar-refractivity contribution in [1.29, 1.82) is 0 Å². The number of hydrogen-bond donors (Lipinski definition) is 2. The van der Waals surface area contributed by atoms with Crippen LogP contribution < -0.4 is 15.4 Å². The molecule has 0 aliphatic carbocycles. The van der Waals surface area contributed by atoms with Gasteiger partial charge in [0.15, 0.2) is 0 Å². The molecule has 1 aliphatic rings. The monoisotopic (exact) mass is 434 g/mol. The number of ether oxygens (including phenoxy) is 2. The van der Waals surface area contributed by atoms with Crippen LogP contribution in [0.3, 0.4) is 0 Å². The van der Waals surface area contributed by atoms with E-state index in [0.717, 1.165) is 23.3 Å². The first-order valence-electron chi connectivity index (χ1n) is 10.5. The Kier molecular flexibility index (Phi) is 6.23. The van der Waals surface area contributed by atoms with Gasteiger partial charge in [0.1, 0.15) is 17.6 Å². The average Bonchev–Trinajstić information content (AvgIpc) is 3.29. The maximum absolute atomic E-state index is 12.7. The summed E-state index contributed by atoms with van der Waals surface area (Å²) in [5, 5.41) is 10.4. The molecule has 0 saturated carbocycles. The third-order valence-corrected chi connectivity index (χ3v) is 5.51. The standard InChI is InChI=1S/C24H26N4O4/c1-4-15-5-9-17(10-6-15)25-21(29)13-20-24(30)26-23-22(19(14-31-2)27-28(20)23)16-7-11-18(32-3)12-8-16/h5-12,20H,4,13-14H2,1-3H3,(H,25,29)(H,26,30). The van der Waals surface area contributed by atoms with Gasteiger partial charge in [0, 0.05) is 18.4 Å². The van der Waals surface area contributed by atoms with Crippen molar-refractivity contribution in [3.63, 3.8) is 0 Å². The number of benzene rings is 2. The van der Waals surface area contributed by atoms with Crippen LogP contribution >= 0.6 is 0 Å². The van der Waals surface area contributed by atoms with E-state index in [2.05, 4.69) is 22.7 Å². The summed E-state index contributed by atoms with van der Waals surface area (Å²) in [6, 6.07) is 14.4. The van der Waals surface area contributed by atoms with Gasteiger partial charge in [-0.1, -0.05) is 31.2 Å². The summed E-state index contributed by atoms with van der Waals surface area (Å²) < 4.78 is 12.2. The van der Waals surface area contributed by atoms with Crippen molar-refractivity contribution in [3.05, 3.63) is 59.8 Å². The van der Waals surface area contributed by atoms with Crippen LogP contribution in [-0.4, -0.2) is 35.8 Å². The molecule has 2 amide bonds. The molecule has 0 fully saturated rings. The number of amides is 2. The van der Waals surface area contributed by atoms with Crippen molar-refractivity contribution in [2.24, 2.45) is 0 Å². The summed E-state index contributed by atoms with van der Waals surface area (Å²) >= 11 is 0. The van der Waals surface area contributed by atoms with Gasteiger partial charge in [-0.25, -0.2) is 4.68 Å². The molecule has 2 heterocycles. The summed E-state index contributed by atoms with van der Waals surface area (Å²) in [5.74, 6) is 0.786. The minimum absolute atomic E-state index is 0.0233. The zero-order valence-electron chi connectivity index (χ0n) is 18.3. The van der Waals surface area contributed by atoms with Crippen molar-refractivity contribution in [2.45, 2.75) is 32.4 Å². The molecule has 1 unspecified atom stereocenters. The molecule has 8 nitrogen and oxygen atoms in total. The fraction of sp³-hybridized carbons (Fsp3) is 0.292. The van der Waals surface area contributed by atoms with E-state index in [4.69, 9.17) is 9.47 Å². The average molecular weight is 434 g/mol. The Labute approximate surface area is 186 Å². The Hall–Kier alpha value is -3.65. The van der Waals surface area contributed by atoms with E-state index >= 15 is 0 Å². The minimum Gasteiger partial charge on any atom is -0.497 e. The van der Waals surface area contributed by atoms with E-state index < -0.39 is 6.04 Å². The van der Waals surface area contributed by atoms with Gasteiger partial charge in [0.25, 0.3) is 5.91 Å². The molecule has 0 bridgehead atoms. The topological polar surface area (TPSA) is 94.5 Å². The molecule has 8 heteroatoms. The van der Waals surface area contributed by atoms with Gasteiger partial charge < -0.3 is 20.1 Å². The molecule has 2 aromatic carbocycles. The number of aryl methyl sites for hydroxylation is 1. The van der Waals surface area contributed by atoms with Crippen molar-refractivity contribution in [1.82, 2.24) is 9.78 Å². The second-order valence-corrected chi connectivity index (χ2v) is 7.58. The van der Waals surface area contributed by atoms with Crippen LogP contribution in [0.4, 0.5) is 11.5 Å². The van der Waals surface area contributed by atoms with E-state index in [1.54, 1.807) is 18.9 Å². The molecule has 0 radical (unpaired) electrons. The number of carbonyl (C=O) groups excluding carboxylic acids is 2. The third kappa shape index (κ3) is 4.22. The molecular formula is C24H26N4O4. The number of anilines is 2. The SMILES string of the molecule is CCc1ccc(NC(=O)CC2C(=O)Nc3c(-c4ccc(OC)cc4)c(COC)nn32)cc1. The highest BCUT2D eigenvalue weighted by atomic mass is 16.5. The molecule has 0 saturated heterocycles. The zero-order chi connectivity index (χ0) is 22.7. The van der Waals surface area contributed by atoms with Crippen LogP contribution in [0.1, 0.15) is 30.6 Å². The van der Waals surface area contributed by atoms with E-state index in [-0.39, 0.29) is 24.8 Å². The summed E-state index contributed by atoms with van der Waals surface area (Å²) in [7, 11) is 3.20. The maximum atomic E-state index is 12.7. The largest absolute Gasteiger partial charge is 0.497 e. The second-order valence-electron chi connectivity index (χ2n) is 7.58. The van der Waals surface area contributed by atoms with Crippen LogP contribution in [0.25, 0.3) is 11.1 Å². The normalized spacial score (nSPS) is 14.7. The first kappa shape index (κ1) is 21.6. The number of nitrogens with one attached hydrogen (secondary N) is 2. The van der Waals surface area contributed by atoms with Crippen molar-refractivity contribution in [3.8, 4) is 16.9 Å². The zero-order valence-corrected chi connectivity index (χ0v) is 18.3. The Morgan fingerprint density at radius 2 is 1.84 bits per heavy atom. The second kappa shape index (κ2) is 9.23. The lowest BCUT2D eigenvalue weighted by molar-refractivity contribution is -0.123. The lowest BCUT2D eigenvalue weighted by Crippen LogP contribution is -2.24. The number of aromatic nitrogens is 2. The van der Waals surface area contributed by atoms with E-state index in [0.29, 0.717) is 17.2 Å². The van der Waals surface area contributed by atoms with Crippen LogP contribution in [0.5, 0.6) is 5.75 Å². The Morgan fingerprint density at radius 1 is 1.12 bits per heavy atom. The molecule has 166 valence electrons. The summed E-state index contributed by atoms with van der Waals surface area (Å²) in [6.45, 7) is 2.35. The van der Waals surface area contributed by atoms with Crippen LogP contribution in [0.2, 0.25) is 0 Å². The van der Waals surface area contributed by atoms with E-state index in [1.807, 2.05) is 48.5 Å². The molecule has 2 N–H and O–H groups in total. The predicted molar refractivity (Wildman–Crippen MR) is 122 cm³/mol. The Balaban J connectivity index is 1.58. The van der Waals surface area contributed by atoms with Gasteiger partial charge in [0.05, 0.1) is 25.8 Å². The van der Waals surface area contributed by atoms with Gasteiger partial charge in [-0.3, -0.25) is 9.59 Å². The molecule has 4 rings (SSSR count). The first-order valence-corrected chi connectivity index (χ1v) is 10.5. The summed E-state index contributed by atoms with van der Waals surface area (Å²) in [6.07, 6.45) is 0.906. The molecule has 32 heavy (non-hydrogen) atoms. The summed E-state index contributed by atoms with van der Waals surface area (Å²) in [4.78, 5) is 25.4. The third-order valence-electron chi connectivity index (χ3n) is 5.51. The fourth-order valence-corrected chi connectivity index (χ4v) is 3.83. The molecule has 3 aromatic rings. The van der Waals surface area contributed by atoms with Crippen LogP contribution in [-0.2, 0) is 27.4 Å². The smallest absolute Gasteiger partial charge is 0.251 e. The van der Waals surface area contributed by atoms with Crippen LogP contribution in [0.15, 0.2) is 48.5 Å². The molecule has 0 spiro atoms. The number of hydrogen-bond acceptors (Lipinski definition) is 5. The number of rotatable bonds is 8. The van der Waals surface area contributed by atoms with Crippen molar-refractivity contribution >= 4 is 23.3 Å². The fourth-order valence-electron chi connectivity index (χ4n) is 3.83. The van der Waals surface area contributed by atoms with Crippen LogP contribution in [0, 0.1) is 0 Å². The van der Waals surface area contributed by atoms with Gasteiger partial charge in [0.2, 0.25) is 5.91 Å². The van der Waals surface area contributed by atoms with Crippen molar-refractivity contribution in [2.75, 3.05) is 24.9 Å². The van der Waals surface area contributed by atoms with Gasteiger partial charge in [-0.05, 0) is 41.8 Å². The number of nitrogens with zero attached hydrogens (tertiary/aromatic N) is 2. The number of fused-ring (bicyclic) bond motifs is 1. The minimum atomic E-state index is -0.734. The number of methoxy groups -OCH3 is 2. The van der Waals surface area contributed by atoms with Gasteiger partial charge in [-0.15, -0.1) is 0 Å². The molecule has 1 aromatic heterocycles. The lowest BCUT2D eigenvalue weighted by atomic mass is 10.1. The van der Waals surface area contributed by atoms with E-state index in [9.17, 15) is 9.59 Å². The van der Waals surface area contributed by atoms with Crippen molar-refractivity contribution < 1.29 is 19.1 Å². The molecular weight excluding hydrogens is 408 g/mol. The molecule has 1 atom stereocenters. The Morgan fingerprint density at radius 3 is 2.47 bits per heavy atom. The highest BCUT2D eigenvalue weighted by Gasteiger charge is 2.37. The highest BCUT2D eigenvalue weighted by molar-refractivity contribution is 6.04. The van der Waals surface area contributed by atoms with Gasteiger partial charge in [-0.2, -0.15) is 5.10 Å². The highest BCUT2D eigenvalue weighted by Crippen LogP contribution is 2.39. The molecule has 1 aliphatic heterocycles. The van der Waals surface area contributed by atoms with Gasteiger partial charge >= 0.3 is 0 Å². The Bertz CT molecular complexity index is 1120. The maximum Gasteiger partial charge on any atom is 0.251 e. The predicted octanol–water partition coefficient (Wildman–Crippen LogP) is 3.79. The first-order chi connectivity index (χ1) is 15.5. The quantitative estimate of drug-likeness (QED) is 0.563. The van der Waals surface area contributed by atoms with E-state index in [1.165, 1.54) is 5.56 Å². The lowest BCUT2D eigenvalue weighted by Gasteiger charge is -2.10.